The highest BCUT2D eigenvalue weighted by molar-refractivity contribution is 5.72. The van der Waals surface area contributed by atoms with Gasteiger partial charge in [-0.25, -0.2) is 0 Å². The fourth-order valence-corrected chi connectivity index (χ4v) is 2.46. The van der Waals surface area contributed by atoms with Crippen molar-refractivity contribution in [3.8, 4) is 0 Å². The van der Waals surface area contributed by atoms with Crippen molar-refractivity contribution < 1.29 is 13.2 Å². The molecule has 0 atom stereocenters. The first-order valence-electron chi connectivity index (χ1n) is 6.27. The van der Waals surface area contributed by atoms with Gasteiger partial charge in [0.1, 0.15) is 0 Å². The summed E-state index contributed by atoms with van der Waals surface area (Å²) in [5.41, 5.74) is 0.962. The van der Waals surface area contributed by atoms with Crippen LogP contribution < -0.4 is 10.2 Å². The minimum atomic E-state index is -4.27. The zero-order valence-corrected chi connectivity index (χ0v) is 9.93. The van der Waals surface area contributed by atoms with Crippen LogP contribution in [0.2, 0.25) is 0 Å². The number of halogens is 3. The largest absolute Gasteiger partial charge is 0.416 e. The quantitative estimate of drug-likeness (QED) is 0.827. The summed E-state index contributed by atoms with van der Waals surface area (Å²) < 4.78 is 38.1. The maximum absolute atomic E-state index is 12.7. The third-order valence-corrected chi connectivity index (χ3v) is 3.51. The van der Waals surface area contributed by atoms with Crippen LogP contribution in [0.25, 0.3) is 0 Å². The zero-order chi connectivity index (χ0) is 12.8. The second-order valence-corrected chi connectivity index (χ2v) is 4.93. The monoisotopic (exact) mass is 256 g/mol. The number of nitrogens with one attached hydrogen (secondary N) is 1. The Morgan fingerprint density at radius 1 is 1.22 bits per heavy atom. The molecule has 1 heterocycles. The Morgan fingerprint density at radius 3 is 2.67 bits per heavy atom. The zero-order valence-electron chi connectivity index (χ0n) is 9.93. The van der Waals surface area contributed by atoms with Crippen LogP contribution in [-0.4, -0.2) is 19.1 Å². The van der Waals surface area contributed by atoms with Gasteiger partial charge < -0.3 is 10.2 Å². The van der Waals surface area contributed by atoms with E-state index < -0.39 is 11.7 Å². The number of hydrogen-bond donors (Lipinski definition) is 1. The average Bonchev–Trinajstić information content (AvgIpc) is 3.12. The van der Waals surface area contributed by atoms with Gasteiger partial charge in [-0.3, -0.25) is 0 Å². The minimum Gasteiger partial charge on any atom is -0.383 e. The van der Waals surface area contributed by atoms with Crippen molar-refractivity contribution in [2.75, 3.05) is 23.3 Å². The van der Waals surface area contributed by atoms with Gasteiger partial charge in [0.25, 0.3) is 0 Å². The van der Waals surface area contributed by atoms with E-state index in [0.717, 1.165) is 38.0 Å². The molecule has 0 amide bonds. The first-order chi connectivity index (χ1) is 8.55. The van der Waals surface area contributed by atoms with Gasteiger partial charge in [0.2, 0.25) is 0 Å². The van der Waals surface area contributed by atoms with Gasteiger partial charge in [-0.2, -0.15) is 13.2 Å². The average molecular weight is 256 g/mol. The highest BCUT2D eigenvalue weighted by Crippen LogP contribution is 2.40. The summed E-state index contributed by atoms with van der Waals surface area (Å²) in [6.45, 7) is 1.66. The number of anilines is 2. The summed E-state index contributed by atoms with van der Waals surface area (Å²) in [5.74, 6) is 0. The van der Waals surface area contributed by atoms with Gasteiger partial charge in [0.05, 0.1) is 16.9 Å². The molecule has 1 aliphatic carbocycles. The Kier molecular flexibility index (Phi) is 2.64. The van der Waals surface area contributed by atoms with Crippen LogP contribution >= 0.6 is 0 Å². The van der Waals surface area contributed by atoms with Crippen LogP contribution in [0.1, 0.15) is 24.8 Å². The molecule has 1 aliphatic heterocycles. The van der Waals surface area contributed by atoms with E-state index in [1.165, 1.54) is 12.1 Å². The molecule has 2 nitrogen and oxygen atoms in total. The summed E-state index contributed by atoms with van der Waals surface area (Å²) >= 11 is 0. The van der Waals surface area contributed by atoms with Crippen molar-refractivity contribution in [2.24, 2.45) is 0 Å². The van der Waals surface area contributed by atoms with Gasteiger partial charge in [-0.1, -0.05) is 0 Å². The molecular formula is C13H15F3N2. The van der Waals surface area contributed by atoms with Crippen LogP contribution in [0.5, 0.6) is 0 Å². The summed E-state index contributed by atoms with van der Waals surface area (Å²) in [6.07, 6.45) is -0.999. The lowest BCUT2D eigenvalue weighted by Gasteiger charge is -2.24. The SMILES string of the molecule is FC(F)(F)c1ccc2c(c1)NCCCN2C1CC1. The number of hydrogen-bond acceptors (Lipinski definition) is 2. The lowest BCUT2D eigenvalue weighted by molar-refractivity contribution is -0.137. The highest BCUT2D eigenvalue weighted by Gasteiger charge is 2.34. The van der Waals surface area contributed by atoms with Crippen molar-refractivity contribution in [1.29, 1.82) is 0 Å². The predicted molar refractivity (Wildman–Crippen MR) is 64.9 cm³/mol. The molecule has 1 aromatic carbocycles. The van der Waals surface area contributed by atoms with Gasteiger partial charge in [0.15, 0.2) is 0 Å². The molecule has 0 unspecified atom stereocenters. The Hall–Kier alpha value is -1.39. The van der Waals surface area contributed by atoms with Gasteiger partial charge in [-0.15, -0.1) is 0 Å². The third-order valence-electron chi connectivity index (χ3n) is 3.51. The van der Waals surface area contributed by atoms with E-state index >= 15 is 0 Å². The lowest BCUT2D eigenvalue weighted by atomic mass is 10.1. The topological polar surface area (TPSA) is 15.3 Å². The molecule has 0 spiro atoms. The molecule has 0 bridgehead atoms. The molecule has 1 saturated carbocycles. The van der Waals surface area contributed by atoms with Crippen LogP contribution in [0.4, 0.5) is 24.5 Å². The molecule has 1 fully saturated rings. The lowest BCUT2D eigenvalue weighted by Crippen LogP contribution is -2.26. The molecule has 0 saturated heterocycles. The Bertz CT molecular complexity index is 452. The van der Waals surface area contributed by atoms with Crippen molar-refractivity contribution in [1.82, 2.24) is 0 Å². The Balaban J connectivity index is 1.98. The van der Waals surface area contributed by atoms with E-state index in [-0.39, 0.29) is 0 Å². The van der Waals surface area contributed by atoms with Crippen LogP contribution in [0, 0.1) is 0 Å². The van der Waals surface area contributed by atoms with Crippen molar-refractivity contribution in [2.45, 2.75) is 31.5 Å². The minimum absolute atomic E-state index is 0.528. The second kappa shape index (κ2) is 4.07. The number of nitrogens with zero attached hydrogens (tertiary/aromatic N) is 1. The molecule has 98 valence electrons. The first kappa shape index (κ1) is 11.7. The summed E-state index contributed by atoms with van der Waals surface area (Å²) in [6, 6.07) is 4.55. The predicted octanol–water partition coefficient (Wildman–Crippen LogP) is 3.49. The summed E-state index contributed by atoms with van der Waals surface area (Å²) in [5, 5.41) is 3.11. The van der Waals surface area contributed by atoms with E-state index in [4.69, 9.17) is 0 Å². The fourth-order valence-electron chi connectivity index (χ4n) is 2.46. The molecule has 1 N–H and O–H groups in total. The Labute approximate surface area is 104 Å². The molecule has 1 aromatic rings. The van der Waals surface area contributed by atoms with E-state index in [1.807, 2.05) is 0 Å². The van der Waals surface area contributed by atoms with Gasteiger partial charge >= 0.3 is 6.18 Å². The number of rotatable bonds is 1. The number of benzene rings is 1. The normalized spacial score (nSPS) is 20.1. The van der Waals surface area contributed by atoms with E-state index in [2.05, 4.69) is 10.2 Å². The summed E-state index contributed by atoms with van der Waals surface area (Å²) in [4.78, 5) is 2.25. The third kappa shape index (κ3) is 2.13. The Morgan fingerprint density at radius 2 is 2.00 bits per heavy atom. The van der Waals surface area contributed by atoms with E-state index in [0.29, 0.717) is 11.7 Å². The van der Waals surface area contributed by atoms with E-state index in [9.17, 15) is 13.2 Å². The standard InChI is InChI=1S/C13H15F3N2/c14-13(15,16)9-2-5-12-11(8-9)17-6-1-7-18(12)10-3-4-10/h2,5,8,10,17H,1,3-4,6-7H2. The van der Waals surface area contributed by atoms with Crippen molar-refractivity contribution in [3.63, 3.8) is 0 Å². The molecular weight excluding hydrogens is 241 g/mol. The van der Waals surface area contributed by atoms with Crippen LogP contribution in [0.15, 0.2) is 18.2 Å². The number of alkyl halides is 3. The maximum atomic E-state index is 12.7. The summed E-state index contributed by atoms with van der Waals surface area (Å²) in [7, 11) is 0. The van der Waals surface area contributed by atoms with Gasteiger partial charge in [0, 0.05) is 19.1 Å². The fraction of sp³-hybridized carbons (Fsp3) is 0.538. The first-order valence-corrected chi connectivity index (χ1v) is 6.27. The highest BCUT2D eigenvalue weighted by atomic mass is 19.4. The van der Waals surface area contributed by atoms with Crippen molar-refractivity contribution in [3.05, 3.63) is 23.8 Å². The molecule has 3 rings (SSSR count). The van der Waals surface area contributed by atoms with Crippen LogP contribution in [-0.2, 0) is 6.18 Å². The molecule has 5 heteroatoms. The molecule has 0 aromatic heterocycles. The van der Waals surface area contributed by atoms with E-state index in [1.54, 1.807) is 6.07 Å². The maximum Gasteiger partial charge on any atom is 0.416 e. The molecule has 18 heavy (non-hydrogen) atoms. The molecule has 0 radical (unpaired) electrons. The van der Waals surface area contributed by atoms with Crippen molar-refractivity contribution >= 4 is 11.4 Å². The molecule has 2 aliphatic rings. The van der Waals surface area contributed by atoms with Crippen LogP contribution in [0.3, 0.4) is 0 Å². The smallest absolute Gasteiger partial charge is 0.383 e. The van der Waals surface area contributed by atoms with Gasteiger partial charge in [-0.05, 0) is 37.5 Å². The number of fused-ring (bicyclic) bond motifs is 1. The second-order valence-electron chi connectivity index (χ2n) is 4.93.